The summed E-state index contributed by atoms with van der Waals surface area (Å²) in [4.78, 5) is 39.8. The Kier molecular flexibility index (Phi) is 10.9. The highest BCUT2D eigenvalue weighted by atomic mass is 35.5. The molecule has 3 N–H and O–H groups in total. The lowest BCUT2D eigenvalue weighted by Crippen LogP contribution is -2.37. The minimum absolute atomic E-state index is 0. The third kappa shape index (κ3) is 7.50. The van der Waals surface area contributed by atoms with Gasteiger partial charge in [0.25, 0.3) is 0 Å². The lowest BCUT2D eigenvalue weighted by atomic mass is 10.2. The summed E-state index contributed by atoms with van der Waals surface area (Å²) in [7, 11) is 0. The maximum Gasteiger partial charge on any atom is 0.414 e. The number of rotatable bonds is 7. The fraction of sp³-hybridized carbons (Fsp3) is 0.370. The number of aliphatic hydroxyl groups excluding tert-OH is 2. The van der Waals surface area contributed by atoms with Gasteiger partial charge in [0.2, 0.25) is 6.41 Å². The van der Waals surface area contributed by atoms with Gasteiger partial charge in [-0.25, -0.2) is 23.4 Å². The monoisotopic (exact) mass is 652 g/mol. The molecule has 4 aliphatic rings. The third-order valence-corrected chi connectivity index (χ3v) is 7.04. The molecule has 2 saturated heterocycles. The molecule has 4 aliphatic heterocycles. The number of hydrogen-bond acceptors (Lipinski definition) is 12. The summed E-state index contributed by atoms with van der Waals surface area (Å²) >= 11 is 0. The molecular formula is C27H31ClF2N8O7. The van der Waals surface area contributed by atoms with Crippen molar-refractivity contribution >= 4 is 66.4 Å². The number of nitrogens with one attached hydrogen (secondary N) is 1. The van der Waals surface area contributed by atoms with E-state index in [1.807, 2.05) is 0 Å². The van der Waals surface area contributed by atoms with Gasteiger partial charge >= 0.3 is 12.2 Å². The van der Waals surface area contributed by atoms with E-state index in [2.05, 4.69) is 15.6 Å². The highest BCUT2D eigenvalue weighted by Crippen LogP contribution is 2.29. The molecule has 0 unspecified atom stereocenters. The fourth-order valence-corrected chi connectivity index (χ4v) is 4.75. The molecule has 6 rings (SSSR count). The fourth-order valence-electron chi connectivity index (χ4n) is 4.75. The summed E-state index contributed by atoms with van der Waals surface area (Å²) < 4.78 is 38.5. The Morgan fingerprint density at radius 2 is 1.38 bits per heavy atom. The number of halogens is 3. The van der Waals surface area contributed by atoms with Crippen LogP contribution in [0.2, 0.25) is 0 Å². The molecule has 0 radical (unpaired) electrons. The standard InChI is InChI=1S/C14H15FN4O4.C13H15FN4O3.ClH/c15-12-5-10(19-6-11(7-20)23-14(19)22)1-2-13(12)17-3-4-18(9-21)16-8-17;14-11-5-9(18-6-10(7-19)21-13(18)20)1-2-12(11)17-4-3-15-16-8-17;/h1-2,5,8-9,11,20H,3-4,6-7H2;1-2,5,8,10,15,19H,3-4,6-7H2;1H/t11-;10-;/m11./s1. The van der Waals surface area contributed by atoms with E-state index in [4.69, 9.17) is 19.7 Å². The Morgan fingerprint density at radius 1 is 0.844 bits per heavy atom. The van der Waals surface area contributed by atoms with E-state index in [1.54, 1.807) is 28.0 Å². The number of benzene rings is 2. The molecule has 2 aromatic carbocycles. The molecule has 2 fully saturated rings. The van der Waals surface area contributed by atoms with Crippen LogP contribution < -0.4 is 25.0 Å². The highest BCUT2D eigenvalue weighted by molar-refractivity contribution is 5.91. The molecule has 18 heteroatoms. The Hall–Kier alpha value is -4.74. The lowest BCUT2D eigenvalue weighted by Gasteiger charge is -2.27. The van der Waals surface area contributed by atoms with Crippen molar-refractivity contribution < 1.29 is 42.9 Å². The molecule has 15 nitrogen and oxygen atoms in total. The Balaban J connectivity index is 0.000000201. The first-order valence-electron chi connectivity index (χ1n) is 13.6. The van der Waals surface area contributed by atoms with Gasteiger partial charge < -0.3 is 34.9 Å². The van der Waals surface area contributed by atoms with Gasteiger partial charge in [0.15, 0.2) is 0 Å². The topological polar surface area (TPSA) is 163 Å². The normalized spacial score (nSPS) is 20.7. The molecule has 2 aromatic rings. The average molecular weight is 653 g/mol. The van der Waals surface area contributed by atoms with Crippen molar-refractivity contribution in [1.29, 1.82) is 0 Å². The van der Waals surface area contributed by atoms with Crippen LogP contribution in [0.5, 0.6) is 0 Å². The van der Waals surface area contributed by atoms with Crippen LogP contribution in [0.15, 0.2) is 46.6 Å². The van der Waals surface area contributed by atoms with Crippen LogP contribution in [-0.4, -0.2) is 111 Å². The van der Waals surface area contributed by atoms with Crippen LogP contribution >= 0.6 is 12.4 Å². The molecule has 0 spiro atoms. The second kappa shape index (κ2) is 14.8. The van der Waals surface area contributed by atoms with Crippen molar-refractivity contribution in [2.75, 3.05) is 72.1 Å². The Morgan fingerprint density at radius 3 is 1.76 bits per heavy atom. The lowest BCUT2D eigenvalue weighted by molar-refractivity contribution is -0.118. The first-order chi connectivity index (χ1) is 21.3. The smallest absolute Gasteiger partial charge is 0.414 e. The van der Waals surface area contributed by atoms with Crippen LogP contribution in [0.1, 0.15) is 0 Å². The zero-order valence-corrected chi connectivity index (χ0v) is 24.6. The van der Waals surface area contributed by atoms with E-state index in [-0.39, 0.29) is 38.7 Å². The van der Waals surface area contributed by atoms with Crippen LogP contribution in [-0.2, 0) is 14.3 Å². The van der Waals surface area contributed by atoms with Crippen molar-refractivity contribution in [3.8, 4) is 0 Å². The molecule has 3 amide bonds. The van der Waals surface area contributed by atoms with Gasteiger partial charge in [-0.3, -0.25) is 14.6 Å². The van der Waals surface area contributed by atoms with Crippen molar-refractivity contribution in [1.82, 2.24) is 10.4 Å². The van der Waals surface area contributed by atoms with E-state index in [0.29, 0.717) is 55.3 Å². The number of hydrogen-bond donors (Lipinski definition) is 3. The van der Waals surface area contributed by atoms with Crippen LogP contribution in [0.25, 0.3) is 0 Å². The predicted octanol–water partition coefficient (Wildman–Crippen LogP) is 1.28. The number of hydrazone groups is 2. The number of cyclic esters (lactones) is 2. The summed E-state index contributed by atoms with van der Waals surface area (Å²) in [6.07, 6.45) is 1.14. The summed E-state index contributed by atoms with van der Waals surface area (Å²) in [5.41, 5.74) is 4.25. The number of amides is 3. The molecule has 0 aliphatic carbocycles. The van der Waals surface area contributed by atoms with Crippen molar-refractivity contribution in [3.63, 3.8) is 0 Å². The second-order valence-electron chi connectivity index (χ2n) is 9.91. The molecular weight excluding hydrogens is 622 g/mol. The number of anilines is 4. The quantitative estimate of drug-likeness (QED) is 0.372. The minimum atomic E-state index is -0.614. The van der Waals surface area contributed by atoms with Gasteiger partial charge in [0.05, 0.1) is 62.1 Å². The molecule has 4 heterocycles. The number of carbonyl (C=O) groups is 3. The second-order valence-corrected chi connectivity index (χ2v) is 9.91. The van der Waals surface area contributed by atoms with Crippen LogP contribution in [0, 0.1) is 11.6 Å². The van der Waals surface area contributed by atoms with Gasteiger partial charge in [-0.15, -0.1) is 12.4 Å². The zero-order valence-electron chi connectivity index (χ0n) is 23.7. The predicted molar refractivity (Wildman–Crippen MR) is 162 cm³/mol. The number of carbonyl (C=O) groups excluding carboxylic acids is 3. The maximum absolute atomic E-state index is 14.4. The highest BCUT2D eigenvalue weighted by Gasteiger charge is 2.33. The largest absolute Gasteiger partial charge is 0.441 e. The first kappa shape index (κ1) is 33.2. The van der Waals surface area contributed by atoms with Crippen molar-refractivity contribution in [3.05, 3.63) is 48.0 Å². The summed E-state index contributed by atoms with van der Waals surface area (Å²) in [6, 6.07) is 8.89. The van der Waals surface area contributed by atoms with E-state index in [0.717, 1.165) is 0 Å². The van der Waals surface area contributed by atoms with Gasteiger partial charge in [0.1, 0.15) is 36.5 Å². The SMILES string of the molecule is Cl.O=C1O[C@@H](CO)CN1c1ccc(N2C=NNCC2)c(F)c1.O=CN1CCN(c2ccc(N3C[C@H](CO)OC3=O)cc2F)C=N1. The van der Waals surface area contributed by atoms with Crippen molar-refractivity contribution in [2.24, 2.45) is 10.2 Å². The summed E-state index contributed by atoms with van der Waals surface area (Å²) in [5, 5.41) is 27.0. The molecule has 2 atom stereocenters. The van der Waals surface area contributed by atoms with Crippen LogP contribution in [0.4, 0.5) is 41.1 Å². The summed E-state index contributed by atoms with van der Waals surface area (Å²) in [6.45, 7) is 1.87. The van der Waals surface area contributed by atoms with E-state index in [1.165, 1.54) is 45.7 Å². The maximum atomic E-state index is 14.4. The molecule has 0 saturated carbocycles. The summed E-state index contributed by atoms with van der Waals surface area (Å²) in [5.74, 6) is -0.963. The number of nitrogens with zero attached hydrogens (tertiary/aromatic N) is 7. The van der Waals surface area contributed by atoms with Gasteiger partial charge in [-0.1, -0.05) is 0 Å². The van der Waals surface area contributed by atoms with Gasteiger partial charge in [0, 0.05) is 13.1 Å². The van der Waals surface area contributed by atoms with E-state index in [9.17, 15) is 23.2 Å². The van der Waals surface area contributed by atoms with E-state index < -0.39 is 36.0 Å². The van der Waals surface area contributed by atoms with E-state index >= 15 is 0 Å². The number of ether oxygens (including phenoxy) is 2. The number of aliphatic hydroxyl groups is 2. The van der Waals surface area contributed by atoms with Gasteiger partial charge in [-0.05, 0) is 36.4 Å². The molecule has 0 aromatic heterocycles. The average Bonchev–Trinajstić information content (AvgIpc) is 3.63. The van der Waals surface area contributed by atoms with Gasteiger partial charge in [-0.2, -0.15) is 10.2 Å². The molecule has 242 valence electrons. The minimum Gasteiger partial charge on any atom is -0.441 e. The Bertz CT molecular complexity index is 1450. The van der Waals surface area contributed by atoms with Crippen LogP contribution in [0.3, 0.4) is 0 Å². The van der Waals surface area contributed by atoms with Crippen molar-refractivity contribution in [2.45, 2.75) is 12.2 Å². The molecule has 0 bridgehead atoms. The Labute approximate surface area is 262 Å². The zero-order chi connectivity index (χ0) is 31.2. The first-order valence-corrected chi connectivity index (χ1v) is 13.6. The molecule has 45 heavy (non-hydrogen) atoms. The third-order valence-electron chi connectivity index (χ3n) is 7.04.